The lowest BCUT2D eigenvalue weighted by atomic mass is 10.0. The van der Waals surface area contributed by atoms with E-state index >= 15 is 0 Å². The summed E-state index contributed by atoms with van der Waals surface area (Å²) in [6.07, 6.45) is 8.66. The first-order chi connectivity index (χ1) is 10.5. The standard InChI is InChI=1S/C16H33NO5/c1-2-3-4-5-6-7-8-9-10-11-12-16(21,14(19)13-18)22-15(17)20/h14,18-19,21H,2-13H2,1H3,(H2,17,20). The smallest absolute Gasteiger partial charge is 0.407 e. The summed E-state index contributed by atoms with van der Waals surface area (Å²) >= 11 is 0. The Labute approximate surface area is 133 Å². The van der Waals surface area contributed by atoms with Gasteiger partial charge in [0.1, 0.15) is 6.10 Å². The first kappa shape index (κ1) is 21.1. The molecule has 2 atom stereocenters. The molecule has 132 valence electrons. The normalized spacial score (nSPS) is 15.3. The molecular formula is C16H33NO5. The van der Waals surface area contributed by atoms with Crippen LogP contribution in [-0.4, -0.2) is 39.9 Å². The van der Waals surface area contributed by atoms with Crippen LogP contribution < -0.4 is 5.73 Å². The predicted molar refractivity (Wildman–Crippen MR) is 85.2 cm³/mol. The lowest BCUT2D eigenvalue weighted by molar-refractivity contribution is -0.233. The van der Waals surface area contributed by atoms with Crippen LogP contribution in [0.15, 0.2) is 0 Å². The molecule has 0 rings (SSSR count). The highest BCUT2D eigenvalue weighted by Crippen LogP contribution is 2.22. The van der Waals surface area contributed by atoms with Crippen LogP contribution in [-0.2, 0) is 4.74 Å². The molecule has 0 spiro atoms. The Kier molecular flexibility index (Phi) is 12.2. The zero-order chi connectivity index (χ0) is 16.8. The van der Waals surface area contributed by atoms with Gasteiger partial charge in [-0.15, -0.1) is 0 Å². The summed E-state index contributed by atoms with van der Waals surface area (Å²) in [6, 6.07) is 0. The number of carbonyl (C=O) groups is 1. The van der Waals surface area contributed by atoms with E-state index in [9.17, 15) is 15.0 Å². The fraction of sp³-hybridized carbons (Fsp3) is 0.938. The fourth-order valence-corrected chi connectivity index (χ4v) is 2.47. The monoisotopic (exact) mass is 319 g/mol. The van der Waals surface area contributed by atoms with Crippen molar-refractivity contribution in [3.05, 3.63) is 0 Å². The molecule has 0 saturated heterocycles. The van der Waals surface area contributed by atoms with E-state index in [4.69, 9.17) is 10.8 Å². The molecule has 2 unspecified atom stereocenters. The lowest BCUT2D eigenvalue weighted by Crippen LogP contribution is -2.49. The number of hydrogen-bond acceptors (Lipinski definition) is 5. The van der Waals surface area contributed by atoms with E-state index < -0.39 is 24.6 Å². The van der Waals surface area contributed by atoms with Gasteiger partial charge in [-0.1, -0.05) is 64.7 Å². The Balaban J connectivity index is 3.74. The number of aliphatic hydroxyl groups is 3. The number of unbranched alkanes of at least 4 members (excludes halogenated alkanes) is 9. The van der Waals surface area contributed by atoms with Gasteiger partial charge in [0, 0.05) is 6.42 Å². The van der Waals surface area contributed by atoms with Gasteiger partial charge in [0.25, 0.3) is 0 Å². The van der Waals surface area contributed by atoms with Gasteiger partial charge >= 0.3 is 6.09 Å². The Morgan fingerprint density at radius 2 is 1.50 bits per heavy atom. The summed E-state index contributed by atoms with van der Waals surface area (Å²) in [6.45, 7) is 1.51. The summed E-state index contributed by atoms with van der Waals surface area (Å²) in [5.41, 5.74) is 4.88. The molecule has 0 aliphatic rings. The van der Waals surface area contributed by atoms with Gasteiger partial charge in [-0.25, -0.2) is 4.79 Å². The van der Waals surface area contributed by atoms with Gasteiger partial charge < -0.3 is 25.8 Å². The zero-order valence-corrected chi connectivity index (χ0v) is 13.8. The van der Waals surface area contributed by atoms with Crippen molar-refractivity contribution >= 4 is 6.09 Å². The molecule has 22 heavy (non-hydrogen) atoms. The summed E-state index contributed by atoms with van der Waals surface area (Å²) in [5, 5.41) is 28.5. The van der Waals surface area contributed by atoms with Crippen molar-refractivity contribution in [3.8, 4) is 0 Å². The minimum Gasteiger partial charge on any atom is -0.414 e. The van der Waals surface area contributed by atoms with Crippen LogP contribution in [0.5, 0.6) is 0 Å². The van der Waals surface area contributed by atoms with Crippen molar-refractivity contribution in [2.75, 3.05) is 6.61 Å². The largest absolute Gasteiger partial charge is 0.414 e. The minimum absolute atomic E-state index is 0.0637. The van der Waals surface area contributed by atoms with Gasteiger partial charge in [-0.2, -0.15) is 0 Å². The maximum Gasteiger partial charge on any atom is 0.407 e. The van der Waals surface area contributed by atoms with Crippen LogP contribution in [0, 0.1) is 0 Å². The molecule has 6 heteroatoms. The number of primary amides is 1. The topological polar surface area (TPSA) is 113 Å². The number of ether oxygens (including phenoxy) is 1. The molecule has 0 aromatic heterocycles. The number of amides is 1. The average molecular weight is 319 g/mol. The third-order valence-corrected chi connectivity index (χ3v) is 3.86. The van der Waals surface area contributed by atoms with E-state index in [1.807, 2.05) is 0 Å². The number of nitrogens with two attached hydrogens (primary N) is 1. The fourth-order valence-electron chi connectivity index (χ4n) is 2.47. The van der Waals surface area contributed by atoms with Gasteiger partial charge in [0.05, 0.1) is 6.61 Å². The SMILES string of the molecule is CCCCCCCCCCCCC(O)(OC(N)=O)C(O)CO. The summed E-state index contributed by atoms with van der Waals surface area (Å²) < 4.78 is 4.56. The predicted octanol–water partition coefficient (Wildman–Crippen LogP) is 2.43. The molecule has 6 nitrogen and oxygen atoms in total. The molecule has 0 heterocycles. The Morgan fingerprint density at radius 3 is 1.91 bits per heavy atom. The van der Waals surface area contributed by atoms with Gasteiger partial charge in [0.2, 0.25) is 5.79 Å². The van der Waals surface area contributed by atoms with Gasteiger partial charge in [-0.3, -0.25) is 0 Å². The maximum atomic E-state index is 10.8. The molecule has 0 aromatic rings. The first-order valence-electron chi connectivity index (χ1n) is 8.46. The third-order valence-electron chi connectivity index (χ3n) is 3.86. The number of rotatable bonds is 14. The van der Waals surface area contributed by atoms with E-state index in [2.05, 4.69) is 11.7 Å². The van der Waals surface area contributed by atoms with Crippen LogP contribution >= 0.6 is 0 Å². The maximum absolute atomic E-state index is 10.8. The zero-order valence-electron chi connectivity index (χ0n) is 13.8. The van der Waals surface area contributed by atoms with Crippen molar-refractivity contribution in [1.82, 2.24) is 0 Å². The van der Waals surface area contributed by atoms with E-state index in [1.165, 1.54) is 38.5 Å². The van der Waals surface area contributed by atoms with Crippen molar-refractivity contribution < 1.29 is 24.9 Å². The Morgan fingerprint density at radius 1 is 1.05 bits per heavy atom. The molecule has 0 fully saturated rings. The number of aliphatic hydroxyl groups excluding tert-OH is 2. The van der Waals surface area contributed by atoms with E-state index in [0.29, 0.717) is 6.42 Å². The second kappa shape index (κ2) is 12.7. The summed E-state index contributed by atoms with van der Waals surface area (Å²) in [5.74, 6) is -2.10. The quantitative estimate of drug-likeness (QED) is 0.290. The van der Waals surface area contributed by atoms with Gasteiger partial charge in [0.15, 0.2) is 0 Å². The minimum atomic E-state index is -2.10. The van der Waals surface area contributed by atoms with Crippen LogP contribution in [0.25, 0.3) is 0 Å². The Bertz CT molecular complexity index is 288. The van der Waals surface area contributed by atoms with Crippen LogP contribution in [0.2, 0.25) is 0 Å². The second-order valence-electron chi connectivity index (χ2n) is 5.90. The molecule has 0 radical (unpaired) electrons. The first-order valence-corrected chi connectivity index (χ1v) is 8.46. The highest BCUT2D eigenvalue weighted by molar-refractivity contribution is 5.65. The molecule has 0 saturated carbocycles. The van der Waals surface area contributed by atoms with Crippen molar-refractivity contribution in [3.63, 3.8) is 0 Å². The number of hydrogen-bond donors (Lipinski definition) is 4. The van der Waals surface area contributed by atoms with Crippen molar-refractivity contribution in [2.45, 2.75) is 89.4 Å². The molecule has 0 aliphatic heterocycles. The molecule has 0 bridgehead atoms. The summed E-state index contributed by atoms with van der Waals surface area (Å²) in [4.78, 5) is 10.8. The number of carbonyl (C=O) groups excluding carboxylic acids is 1. The molecule has 1 amide bonds. The van der Waals surface area contributed by atoms with E-state index in [0.717, 1.165) is 19.3 Å². The van der Waals surface area contributed by atoms with Crippen LogP contribution in [0.4, 0.5) is 4.79 Å². The average Bonchev–Trinajstić information content (AvgIpc) is 2.47. The molecule has 0 aromatic carbocycles. The third kappa shape index (κ3) is 9.97. The molecule has 0 aliphatic carbocycles. The highest BCUT2D eigenvalue weighted by Gasteiger charge is 2.38. The molecular weight excluding hydrogens is 286 g/mol. The lowest BCUT2D eigenvalue weighted by Gasteiger charge is -2.30. The van der Waals surface area contributed by atoms with E-state index in [1.54, 1.807) is 0 Å². The van der Waals surface area contributed by atoms with E-state index in [-0.39, 0.29) is 6.42 Å². The summed E-state index contributed by atoms with van der Waals surface area (Å²) in [7, 11) is 0. The highest BCUT2D eigenvalue weighted by atomic mass is 16.7. The van der Waals surface area contributed by atoms with Crippen LogP contribution in [0.1, 0.15) is 77.6 Å². The van der Waals surface area contributed by atoms with Crippen molar-refractivity contribution in [1.29, 1.82) is 0 Å². The van der Waals surface area contributed by atoms with Gasteiger partial charge in [-0.05, 0) is 6.42 Å². The Hall–Kier alpha value is -0.850. The molecule has 5 N–H and O–H groups in total. The second-order valence-corrected chi connectivity index (χ2v) is 5.90. The van der Waals surface area contributed by atoms with Crippen molar-refractivity contribution in [2.24, 2.45) is 5.73 Å². The van der Waals surface area contributed by atoms with Crippen LogP contribution in [0.3, 0.4) is 0 Å².